The van der Waals surface area contributed by atoms with E-state index in [-0.39, 0.29) is 0 Å². The molecule has 0 saturated heterocycles. The highest BCUT2D eigenvalue weighted by atomic mass is 16.4. The van der Waals surface area contributed by atoms with Crippen molar-refractivity contribution in [3.05, 3.63) is 29.8 Å². The second-order valence-electron chi connectivity index (χ2n) is 2.44. The fourth-order valence-corrected chi connectivity index (χ4v) is 0.937. The van der Waals surface area contributed by atoms with Crippen molar-refractivity contribution in [1.29, 1.82) is 0 Å². The van der Waals surface area contributed by atoms with Crippen LogP contribution in [0.3, 0.4) is 0 Å². The maximum absolute atomic E-state index is 10.5. The number of amides is 1. The average Bonchev–Trinajstić information content (AvgIpc) is 2.04. The van der Waals surface area contributed by atoms with E-state index in [2.05, 4.69) is 0 Å². The van der Waals surface area contributed by atoms with E-state index in [1.807, 2.05) is 6.07 Å². The van der Waals surface area contributed by atoms with Crippen molar-refractivity contribution in [2.24, 2.45) is 5.84 Å². The van der Waals surface area contributed by atoms with Crippen LogP contribution in [0, 0.1) is 6.92 Å². The third kappa shape index (κ3) is 1.54. The average molecular weight is 166 g/mol. The van der Waals surface area contributed by atoms with Crippen molar-refractivity contribution in [3.63, 3.8) is 0 Å². The highest BCUT2D eigenvalue weighted by molar-refractivity contribution is 5.85. The zero-order valence-electron chi connectivity index (χ0n) is 6.69. The third-order valence-electron chi connectivity index (χ3n) is 1.58. The molecule has 0 saturated carbocycles. The second kappa shape index (κ2) is 3.23. The van der Waals surface area contributed by atoms with Gasteiger partial charge in [-0.3, -0.25) is 0 Å². The van der Waals surface area contributed by atoms with Crippen molar-refractivity contribution >= 4 is 11.8 Å². The molecule has 0 aromatic heterocycles. The number of benzene rings is 1. The lowest BCUT2D eigenvalue weighted by Gasteiger charge is -2.14. The third-order valence-corrected chi connectivity index (χ3v) is 1.58. The van der Waals surface area contributed by atoms with Crippen LogP contribution in [0.5, 0.6) is 0 Å². The van der Waals surface area contributed by atoms with Gasteiger partial charge in [0, 0.05) is 0 Å². The Morgan fingerprint density at radius 3 is 2.58 bits per heavy atom. The molecule has 0 heterocycles. The van der Waals surface area contributed by atoms with Crippen LogP contribution in [0.4, 0.5) is 10.5 Å². The molecule has 4 heteroatoms. The van der Waals surface area contributed by atoms with Crippen molar-refractivity contribution in [2.45, 2.75) is 6.92 Å². The maximum atomic E-state index is 10.5. The summed E-state index contributed by atoms with van der Waals surface area (Å²) in [4.78, 5) is 10.5. The van der Waals surface area contributed by atoms with Gasteiger partial charge < -0.3 is 5.11 Å². The number of hydrogen-bond acceptors (Lipinski definition) is 2. The van der Waals surface area contributed by atoms with E-state index in [4.69, 9.17) is 10.9 Å². The molecule has 0 unspecified atom stereocenters. The van der Waals surface area contributed by atoms with Crippen LogP contribution in [0.15, 0.2) is 24.3 Å². The van der Waals surface area contributed by atoms with Crippen LogP contribution in [0.2, 0.25) is 0 Å². The predicted octanol–water partition coefficient (Wildman–Crippen LogP) is 1.35. The Kier molecular flexibility index (Phi) is 2.30. The van der Waals surface area contributed by atoms with E-state index >= 15 is 0 Å². The molecule has 3 N–H and O–H groups in total. The lowest BCUT2D eigenvalue weighted by Crippen LogP contribution is -2.36. The van der Waals surface area contributed by atoms with Crippen LogP contribution in [0.25, 0.3) is 0 Å². The number of anilines is 1. The van der Waals surface area contributed by atoms with Crippen LogP contribution in [0.1, 0.15) is 5.56 Å². The molecule has 1 amide bonds. The standard InChI is InChI=1S/C8H10N2O2/c1-6-4-2-3-5-7(6)10(9)8(11)12/h2-5H,9H2,1H3,(H,11,12). The van der Waals surface area contributed by atoms with Gasteiger partial charge in [-0.05, 0) is 18.6 Å². The Morgan fingerprint density at radius 1 is 1.50 bits per heavy atom. The van der Waals surface area contributed by atoms with Crippen molar-refractivity contribution in [2.75, 3.05) is 5.01 Å². The van der Waals surface area contributed by atoms with Crippen LogP contribution < -0.4 is 10.9 Å². The minimum absolute atomic E-state index is 0.505. The lowest BCUT2D eigenvalue weighted by molar-refractivity contribution is 0.202. The molecule has 0 atom stereocenters. The van der Waals surface area contributed by atoms with E-state index in [0.29, 0.717) is 10.7 Å². The minimum Gasteiger partial charge on any atom is -0.464 e. The highest BCUT2D eigenvalue weighted by Gasteiger charge is 2.10. The summed E-state index contributed by atoms with van der Waals surface area (Å²) in [5, 5.41) is 9.26. The molecule has 4 nitrogen and oxygen atoms in total. The first-order valence-electron chi connectivity index (χ1n) is 3.46. The number of hydrogen-bond donors (Lipinski definition) is 2. The number of carboxylic acid groups (broad SMARTS) is 1. The Hall–Kier alpha value is -1.55. The summed E-state index contributed by atoms with van der Waals surface area (Å²) < 4.78 is 0. The number of para-hydroxylation sites is 1. The monoisotopic (exact) mass is 166 g/mol. The van der Waals surface area contributed by atoms with Gasteiger partial charge >= 0.3 is 6.09 Å². The quantitative estimate of drug-likeness (QED) is 0.376. The summed E-state index contributed by atoms with van der Waals surface area (Å²) in [6, 6.07) is 7.03. The normalized spacial score (nSPS) is 9.50. The SMILES string of the molecule is Cc1ccccc1N(N)C(=O)O. The fraction of sp³-hybridized carbons (Fsp3) is 0.125. The van der Waals surface area contributed by atoms with E-state index in [9.17, 15) is 4.79 Å². The van der Waals surface area contributed by atoms with E-state index < -0.39 is 6.09 Å². The molecule has 0 spiro atoms. The zero-order chi connectivity index (χ0) is 9.14. The van der Waals surface area contributed by atoms with Gasteiger partial charge in [0.05, 0.1) is 5.69 Å². The summed E-state index contributed by atoms with van der Waals surface area (Å²) in [6.07, 6.45) is -1.16. The molecule has 0 bridgehead atoms. The Balaban J connectivity index is 3.02. The van der Waals surface area contributed by atoms with Crippen LogP contribution in [-0.4, -0.2) is 11.2 Å². The number of nitrogens with two attached hydrogens (primary N) is 1. The molecule has 64 valence electrons. The fourth-order valence-electron chi connectivity index (χ4n) is 0.937. The van der Waals surface area contributed by atoms with Crippen LogP contribution >= 0.6 is 0 Å². The number of hydrazine groups is 1. The molecule has 0 fully saturated rings. The van der Waals surface area contributed by atoms with E-state index in [0.717, 1.165) is 5.56 Å². The van der Waals surface area contributed by atoms with Crippen molar-refractivity contribution < 1.29 is 9.90 Å². The molecule has 0 aliphatic heterocycles. The summed E-state index contributed by atoms with van der Waals surface area (Å²) >= 11 is 0. The van der Waals surface area contributed by atoms with E-state index in [1.165, 1.54) is 0 Å². The van der Waals surface area contributed by atoms with Crippen molar-refractivity contribution in [3.8, 4) is 0 Å². The molecule has 1 rings (SSSR count). The molecule has 0 aliphatic rings. The van der Waals surface area contributed by atoms with Gasteiger partial charge in [-0.1, -0.05) is 18.2 Å². The van der Waals surface area contributed by atoms with Gasteiger partial charge in [0.2, 0.25) is 0 Å². The Morgan fingerprint density at radius 2 is 2.08 bits per heavy atom. The van der Waals surface area contributed by atoms with Gasteiger partial charge in [-0.2, -0.15) is 0 Å². The topological polar surface area (TPSA) is 66.6 Å². The van der Waals surface area contributed by atoms with Gasteiger partial charge in [0.15, 0.2) is 0 Å². The zero-order valence-corrected chi connectivity index (χ0v) is 6.69. The first kappa shape index (κ1) is 8.55. The van der Waals surface area contributed by atoms with E-state index in [1.54, 1.807) is 25.1 Å². The van der Waals surface area contributed by atoms with Gasteiger partial charge in [0.25, 0.3) is 0 Å². The van der Waals surface area contributed by atoms with Gasteiger partial charge in [0.1, 0.15) is 0 Å². The molecule has 1 aromatic carbocycles. The first-order chi connectivity index (χ1) is 5.63. The lowest BCUT2D eigenvalue weighted by atomic mass is 10.2. The highest BCUT2D eigenvalue weighted by Crippen LogP contribution is 2.15. The number of rotatable bonds is 1. The molecule has 0 aliphatic carbocycles. The summed E-state index contributed by atoms with van der Waals surface area (Å²) in [6.45, 7) is 1.80. The minimum atomic E-state index is -1.16. The molecule has 1 aromatic rings. The van der Waals surface area contributed by atoms with Crippen molar-refractivity contribution in [1.82, 2.24) is 0 Å². The summed E-state index contributed by atoms with van der Waals surface area (Å²) in [5.74, 6) is 5.27. The van der Waals surface area contributed by atoms with Gasteiger partial charge in [-0.25, -0.2) is 15.6 Å². The van der Waals surface area contributed by atoms with Crippen LogP contribution in [-0.2, 0) is 0 Å². The molecular weight excluding hydrogens is 156 g/mol. The Bertz CT molecular complexity index is 299. The smallest absolute Gasteiger partial charge is 0.426 e. The molecular formula is C8H10N2O2. The van der Waals surface area contributed by atoms with Gasteiger partial charge in [-0.15, -0.1) is 0 Å². The first-order valence-corrected chi connectivity index (χ1v) is 3.46. The Labute approximate surface area is 70.2 Å². The predicted molar refractivity (Wildman–Crippen MR) is 45.9 cm³/mol. The molecule has 12 heavy (non-hydrogen) atoms. The largest absolute Gasteiger partial charge is 0.464 e. The summed E-state index contributed by atoms with van der Waals surface area (Å²) in [5.41, 5.74) is 1.34. The summed E-state index contributed by atoms with van der Waals surface area (Å²) in [7, 11) is 0. The maximum Gasteiger partial charge on any atom is 0.426 e. The number of nitrogens with zero attached hydrogens (tertiary/aromatic N) is 1. The number of carbonyl (C=O) groups is 1. The molecule has 0 radical (unpaired) electrons. The second-order valence-corrected chi connectivity index (χ2v) is 2.44. The number of aryl methyl sites for hydroxylation is 1.